The molecular weight excluding hydrogens is 273 g/mol. The van der Waals surface area contributed by atoms with Crippen LogP contribution >= 0.6 is 0 Å². The van der Waals surface area contributed by atoms with E-state index in [4.69, 9.17) is 5.73 Å². The Morgan fingerprint density at radius 3 is 2.38 bits per heavy atom. The number of nitrogen functional groups attached to an aromatic ring is 1. The summed E-state index contributed by atoms with van der Waals surface area (Å²) < 4.78 is 13.6. The van der Waals surface area contributed by atoms with Gasteiger partial charge in [-0.2, -0.15) is 0 Å². The van der Waals surface area contributed by atoms with Crippen molar-refractivity contribution in [3.63, 3.8) is 0 Å². The van der Waals surface area contributed by atoms with Gasteiger partial charge in [-0.15, -0.1) is 0 Å². The lowest BCUT2D eigenvalue weighted by molar-refractivity contribution is -0.114. The molecule has 0 radical (unpaired) electrons. The zero-order valence-electron chi connectivity index (χ0n) is 11.3. The van der Waals surface area contributed by atoms with E-state index in [9.17, 15) is 14.0 Å². The number of anilines is 3. The highest BCUT2D eigenvalue weighted by Crippen LogP contribution is 2.18. The third kappa shape index (κ3) is 3.79. The second-order valence-corrected chi connectivity index (χ2v) is 4.46. The van der Waals surface area contributed by atoms with Gasteiger partial charge in [0.1, 0.15) is 5.82 Å². The summed E-state index contributed by atoms with van der Waals surface area (Å²) >= 11 is 0. The Hall–Kier alpha value is -2.89. The largest absolute Gasteiger partial charge is 0.399 e. The molecule has 0 heterocycles. The van der Waals surface area contributed by atoms with E-state index in [-0.39, 0.29) is 11.5 Å². The molecule has 4 N–H and O–H groups in total. The van der Waals surface area contributed by atoms with Crippen molar-refractivity contribution in [1.29, 1.82) is 0 Å². The number of rotatable bonds is 3. The van der Waals surface area contributed by atoms with Gasteiger partial charge in [-0.3, -0.25) is 9.59 Å². The molecule has 6 heteroatoms. The molecule has 5 nitrogen and oxygen atoms in total. The Labute approximate surface area is 121 Å². The third-order valence-electron chi connectivity index (χ3n) is 2.68. The molecule has 2 aromatic carbocycles. The number of nitrogens with one attached hydrogen (secondary N) is 2. The Morgan fingerprint density at radius 2 is 1.71 bits per heavy atom. The van der Waals surface area contributed by atoms with Crippen molar-refractivity contribution in [3.05, 3.63) is 53.8 Å². The summed E-state index contributed by atoms with van der Waals surface area (Å²) in [5.74, 6) is -1.49. The summed E-state index contributed by atoms with van der Waals surface area (Å²) in [5, 5.41) is 5.15. The van der Waals surface area contributed by atoms with Crippen LogP contribution in [0.3, 0.4) is 0 Å². The Morgan fingerprint density at radius 1 is 1.05 bits per heavy atom. The van der Waals surface area contributed by atoms with Crippen molar-refractivity contribution in [2.75, 3.05) is 16.4 Å². The summed E-state index contributed by atoms with van der Waals surface area (Å²) in [6.07, 6.45) is 0. The van der Waals surface area contributed by atoms with E-state index in [1.807, 2.05) is 0 Å². The predicted octanol–water partition coefficient (Wildman–Crippen LogP) is 2.62. The minimum absolute atomic E-state index is 0.139. The first-order chi connectivity index (χ1) is 9.95. The number of hydrogen-bond acceptors (Lipinski definition) is 3. The Balaban J connectivity index is 2.19. The third-order valence-corrected chi connectivity index (χ3v) is 2.68. The molecule has 0 aliphatic heterocycles. The number of halogens is 1. The van der Waals surface area contributed by atoms with Crippen LogP contribution in [0.2, 0.25) is 0 Å². The van der Waals surface area contributed by atoms with Crippen LogP contribution in [0, 0.1) is 5.82 Å². The molecule has 21 heavy (non-hydrogen) atoms. The first-order valence-electron chi connectivity index (χ1n) is 6.20. The summed E-state index contributed by atoms with van der Waals surface area (Å²) in [6, 6.07) is 10.3. The van der Waals surface area contributed by atoms with E-state index in [0.29, 0.717) is 17.1 Å². The van der Waals surface area contributed by atoms with Crippen LogP contribution in [0.25, 0.3) is 0 Å². The number of carbonyl (C=O) groups excluding carboxylic acids is 2. The second-order valence-electron chi connectivity index (χ2n) is 4.46. The standard InChI is InChI=1S/C15H14FN3O2/c1-9(20)18-11-3-2-4-12(8-11)19-15(21)13-7-10(17)5-6-14(13)16/h2-8H,17H2,1H3,(H,18,20)(H,19,21). The van der Waals surface area contributed by atoms with Gasteiger partial charge in [-0.05, 0) is 36.4 Å². The molecule has 2 aromatic rings. The maximum absolute atomic E-state index is 13.6. The van der Waals surface area contributed by atoms with Crippen molar-refractivity contribution >= 4 is 28.9 Å². The Kier molecular flexibility index (Phi) is 4.18. The number of amides is 2. The lowest BCUT2D eigenvalue weighted by Crippen LogP contribution is -2.14. The molecule has 108 valence electrons. The summed E-state index contributed by atoms with van der Waals surface area (Å²) in [7, 11) is 0. The summed E-state index contributed by atoms with van der Waals surface area (Å²) in [4.78, 5) is 23.0. The molecule has 0 bridgehead atoms. The van der Waals surface area contributed by atoms with Crippen molar-refractivity contribution in [3.8, 4) is 0 Å². The average Bonchev–Trinajstić information content (AvgIpc) is 2.41. The van der Waals surface area contributed by atoms with Crippen molar-refractivity contribution < 1.29 is 14.0 Å². The maximum atomic E-state index is 13.6. The highest BCUT2D eigenvalue weighted by atomic mass is 19.1. The fraction of sp³-hybridized carbons (Fsp3) is 0.0667. The Bertz CT molecular complexity index is 701. The minimum Gasteiger partial charge on any atom is -0.399 e. The molecule has 0 spiro atoms. The second kappa shape index (κ2) is 6.04. The number of carbonyl (C=O) groups is 2. The van der Waals surface area contributed by atoms with E-state index in [1.54, 1.807) is 24.3 Å². The van der Waals surface area contributed by atoms with Crippen molar-refractivity contribution in [2.24, 2.45) is 0 Å². The van der Waals surface area contributed by atoms with Crippen LogP contribution in [0.4, 0.5) is 21.5 Å². The maximum Gasteiger partial charge on any atom is 0.258 e. The lowest BCUT2D eigenvalue weighted by atomic mass is 10.1. The van der Waals surface area contributed by atoms with Gasteiger partial charge in [-0.1, -0.05) is 6.07 Å². The zero-order valence-corrected chi connectivity index (χ0v) is 11.3. The average molecular weight is 287 g/mol. The fourth-order valence-corrected chi connectivity index (χ4v) is 1.79. The van der Waals surface area contributed by atoms with Gasteiger partial charge in [0.15, 0.2) is 0 Å². The molecule has 0 aliphatic rings. The molecule has 0 fully saturated rings. The molecular formula is C15H14FN3O2. The van der Waals surface area contributed by atoms with Gasteiger partial charge < -0.3 is 16.4 Å². The van der Waals surface area contributed by atoms with Gasteiger partial charge in [0.2, 0.25) is 5.91 Å². The van der Waals surface area contributed by atoms with Crippen molar-refractivity contribution in [1.82, 2.24) is 0 Å². The normalized spacial score (nSPS) is 10.0. The SMILES string of the molecule is CC(=O)Nc1cccc(NC(=O)c2cc(N)ccc2F)c1. The minimum atomic E-state index is -0.653. The highest BCUT2D eigenvalue weighted by Gasteiger charge is 2.12. The summed E-state index contributed by atoms with van der Waals surface area (Å²) in [6.45, 7) is 1.38. The van der Waals surface area contributed by atoms with E-state index in [0.717, 1.165) is 6.07 Å². The smallest absolute Gasteiger partial charge is 0.258 e. The summed E-state index contributed by atoms with van der Waals surface area (Å²) in [5.41, 5.74) is 6.68. The van der Waals surface area contributed by atoms with E-state index < -0.39 is 11.7 Å². The number of hydrogen-bond donors (Lipinski definition) is 3. The molecule has 0 saturated carbocycles. The van der Waals surface area contributed by atoms with Gasteiger partial charge in [0, 0.05) is 24.0 Å². The first-order valence-corrected chi connectivity index (χ1v) is 6.20. The molecule has 0 saturated heterocycles. The van der Waals surface area contributed by atoms with Crippen LogP contribution in [-0.4, -0.2) is 11.8 Å². The molecule has 2 rings (SSSR count). The van der Waals surface area contributed by atoms with Crippen LogP contribution in [-0.2, 0) is 4.79 Å². The lowest BCUT2D eigenvalue weighted by Gasteiger charge is -2.09. The van der Waals surface area contributed by atoms with Gasteiger partial charge in [-0.25, -0.2) is 4.39 Å². The van der Waals surface area contributed by atoms with E-state index in [2.05, 4.69) is 10.6 Å². The quantitative estimate of drug-likeness (QED) is 0.759. The molecule has 2 amide bonds. The topological polar surface area (TPSA) is 84.2 Å². The van der Waals surface area contributed by atoms with Crippen LogP contribution < -0.4 is 16.4 Å². The van der Waals surface area contributed by atoms with E-state index in [1.165, 1.54) is 19.1 Å². The van der Waals surface area contributed by atoms with Crippen LogP contribution in [0.1, 0.15) is 17.3 Å². The monoisotopic (exact) mass is 287 g/mol. The van der Waals surface area contributed by atoms with Gasteiger partial charge >= 0.3 is 0 Å². The van der Waals surface area contributed by atoms with Crippen LogP contribution in [0.5, 0.6) is 0 Å². The molecule has 0 aromatic heterocycles. The zero-order chi connectivity index (χ0) is 15.4. The molecule has 0 atom stereocenters. The number of benzene rings is 2. The fourth-order valence-electron chi connectivity index (χ4n) is 1.79. The van der Waals surface area contributed by atoms with Crippen LogP contribution in [0.15, 0.2) is 42.5 Å². The highest BCUT2D eigenvalue weighted by molar-refractivity contribution is 6.05. The molecule has 0 unspecified atom stereocenters. The van der Waals surface area contributed by atoms with Crippen molar-refractivity contribution in [2.45, 2.75) is 6.92 Å². The van der Waals surface area contributed by atoms with Gasteiger partial charge in [0.05, 0.1) is 5.56 Å². The van der Waals surface area contributed by atoms with E-state index >= 15 is 0 Å². The van der Waals surface area contributed by atoms with Gasteiger partial charge in [0.25, 0.3) is 5.91 Å². The first kappa shape index (κ1) is 14.5. The predicted molar refractivity (Wildman–Crippen MR) is 79.5 cm³/mol. The molecule has 0 aliphatic carbocycles. The number of nitrogens with two attached hydrogens (primary N) is 1.